The minimum absolute atomic E-state index is 0.0751. The molecule has 8 nitrogen and oxygen atoms in total. The van der Waals surface area contributed by atoms with Crippen molar-refractivity contribution in [1.29, 1.82) is 0 Å². The number of likely N-dealkylation sites (N-methyl/N-ethyl adjacent to an activating group) is 1. The number of halogens is 2. The van der Waals surface area contributed by atoms with Crippen molar-refractivity contribution in [3.8, 4) is 5.88 Å². The van der Waals surface area contributed by atoms with Crippen molar-refractivity contribution in [1.82, 2.24) is 14.6 Å². The van der Waals surface area contributed by atoms with E-state index in [9.17, 15) is 18.4 Å². The van der Waals surface area contributed by atoms with Crippen LogP contribution in [-0.4, -0.2) is 48.4 Å². The maximum absolute atomic E-state index is 13.9. The smallest absolute Gasteiger partial charge is 0.319 e. The molecule has 0 aliphatic carbocycles. The van der Waals surface area contributed by atoms with E-state index in [4.69, 9.17) is 10.5 Å². The lowest BCUT2D eigenvalue weighted by molar-refractivity contribution is 0.0994. The van der Waals surface area contributed by atoms with Crippen molar-refractivity contribution in [3.63, 3.8) is 0 Å². The Hall–Kier alpha value is -2.79. The highest BCUT2D eigenvalue weighted by Gasteiger charge is 2.25. The number of urea groups is 1. The summed E-state index contributed by atoms with van der Waals surface area (Å²) >= 11 is 0.772. The molecule has 3 amide bonds. The highest BCUT2D eigenvalue weighted by molar-refractivity contribution is 7.11. The van der Waals surface area contributed by atoms with Gasteiger partial charge in [0.15, 0.2) is 0 Å². The molecule has 0 radical (unpaired) electrons. The first kappa shape index (κ1) is 21.5. The van der Waals surface area contributed by atoms with Crippen molar-refractivity contribution in [2.75, 3.05) is 32.5 Å². The summed E-state index contributed by atoms with van der Waals surface area (Å²) in [6.45, 7) is 2.42. The Morgan fingerprint density at radius 2 is 1.96 bits per heavy atom. The second-order valence-electron chi connectivity index (χ2n) is 6.14. The van der Waals surface area contributed by atoms with Gasteiger partial charge in [0.1, 0.15) is 28.3 Å². The summed E-state index contributed by atoms with van der Waals surface area (Å²) in [4.78, 5) is 25.7. The maximum Gasteiger partial charge on any atom is 0.319 e. The van der Waals surface area contributed by atoms with Crippen LogP contribution in [0.2, 0.25) is 0 Å². The zero-order valence-corrected chi connectivity index (χ0v) is 16.4. The number of anilines is 1. The van der Waals surface area contributed by atoms with Crippen LogP contribution in [0.3, 0.4) is 0 Å². The molecular formula is C17H21F2N5O3S. The molecule has 0 spiro atoms. The van der Waals surface area contributed by atoms with E-state index in [0.717, 1.165) is 23.7 Å². The third kappa shape index (κ3) is 5.36. The second-order valence-corrected chi connectivity index (χ2v) is 6.91. The molecule has 152 valence electrons. The normalized spacial score (nSPS) is 11.9. The molecule has 4 N–H and O–H groups in total. The average Bonchev–Trinajstić information content (AvgIpc) is 2.96. The molecule has 0 bridgehead atoms. The number of primary amides is 1. The number of amides is 3. The fourth-order valence-corrected chi connectivity index (χ4v) is 3.05. The van der Waals surface area contributed by atoms with Crippen LogP contribution >= 0.6 is 11.5 Å². The van der Waals surface area contributed by atoms with Crippen LogP contribution in [0.1, 0.15) is 28.9 Å². The van der Waals surface area contributed by atoms with Gasteiger partial charge >= 0.3 is 6.03 Å². The van der Waals surface area contributed by atoms with Crippen LogP contribution in [-0.2, 0) is 0 Å². The maximum atomic E-state index is 13.9. The lowest BCUT2D eigenvalue weighted by Crippen LogP contribution is -2.34. The van der Waals surface area contributed by atoms with Crippen molar-refractivity contribution < 1.29 is 23.1 Å². The number of nitrogens with zero attached hydrogens (tertiary/aromatic N) is 2. The van der Waals surface area contributed by atoms with Gasteiger partial charge < -0.3 is 20.7 Å². The van der Waals surface area contributed by atoms with Gasteiger partial charge in [0.25, 0.3) is 5.91 Å². The van der Waals surface area contributed by atoms with Gasteiger partial charge in [0.2, 0.25) is 5.88 Å². The molecular weight excluding hydrogens is 392 g/mol. The summed E-state index contributed by atoms with van der Waals surface area (Å²) in [6, 6.07) is 2.88. The SMILES string of the molecule is CC(Oc1nsc(NC(=O)NCCN(C)C)c1C(N)=O)c1c(F)cccc1F. The van der Waals surface area contributed by atoms with Crippen LogP contribution < -0.4 is 21.1 Å². The van der Waals surface area contributed by atoms with E-state index < -0.39 is 29.7 Å². The molecule has 1 aromatic heterocycles. The molecule has 2 aromatic rings. The number of benzene rings is 1. The number of carbonyl (C=O) groups excluding carboxylic acids is 2. The molecule has 0 saturated carbocycles. The van der Waals surface area contributed by atoms with Gasteiger partial charge in [-0.25, -0.2) is 13.6 Å². The zero-order chi connectivity index (χ0) is 20.8. The molecule has 2 rings (SSSR count). The summed E-state index contributed by atoms with van der Waals surface area (Å²) in [6.07, 6.45) is -1.08. The number of rotatable bonds is 8. The number of nitrogens with two attached hydrogens (primary N) is 1. The summed E-state index contributed by atoms with van der Waals surface area (Å²) in [5, 5.41) is 5.17. The molecule has 1 unspecified atom stereocenters. The lowest BCUT2D eigenvalue weighted by Gasteiger charge is -2.15. The Balaban J connectivity index is 2.16. The quantitative estimate of drug-likeness (QED) is 0.615. The minimum atomic E-state index is -1.08. The van der Waals surface area contributed by atoms with Crippen LogP contribution in [0.15, 0.2) is 18.2 Å². The van der Waals surface area contributed by atoms with E-state index in [2.05, 4.69) is 15.0 Å². The zero-order valence-electron chi connectivity index (χ0n) is 15.6. The molecule has 1 heterocycles. The van der Waals surface area contributed by atoms with Gasteiger partial charge in [-0.3, -0.25) is 10.1 Å². The van der Waals surface area contributed by atoms with E-state index >= 15 is 0 Å². The van der Waals surface area contributed by atoms with Gasteiger partial charge in [-0.05, 0) is 44.7 Å². The van der Waals surface area contributed by atoms with Crippen LogP contribution in [0.5, 0.6) is 5.88 Å². The standard InChI is InChI=1S/C17H21F2N5O3S/c1-9(12-10(18)5-4-6-11(12)19)27-15-13(14(20)25)16(28-23-15)22-17(26)21-7-8-24(2)3/h4-6,9H,7-8H2,1-3H3,(H2,20,25)(H2,21,22,26). The fourth-order valence-electron chi connectivity index (χ4n) is 2.32. The highest BCUT2D eigenvalue weighted by Crippen LogP contribution is 2.34. The largest absolute Gasteiger partial charge is 0.468 e. The van der Waals surface area contributed by atoms with Crippen molar-refractivity contribution in [2.45, 2.75) is 13.0 Å². The van der Waals surface area contributed by atoms with Gasteiger partial charge in [0, 0.05) is 13.1 Å². The predicted molar refractivity (Wildman–Crippen MR) is 102 cm³/mol. The number of aromatic nitrogens is 1. The number of carbonyl (C=O) groups is 2. The highest BCUT2D eigenvalue weighted by atomic mass is 32.1. The lowest BCUT2D eigenvalue weighted by atomic mass is 10.1. The van der Waals surface area contributed by atoms with Crippen molar-refractivity contribution >= 4 is 28.5 Å². The number of nitrogens with one attached hydrogen (secondary N) is 2. The van der Waals surface area contributed by atoms with E-state index in [-0.39, 0.29) is 22.0 Å². The van der Waals surface area contributed by atoms with Crippen LogP contribution in [0.25, 0.3) is 0 Å². The first-order valence-corrected chi connectivity index (χ1v) is 9.07. The molecule has 1 aromatic carbocycles. The summed E-state index contributed by atoms with van der Waals surface area (Å²) < 4.78 is 37.3. The Morgan fingerprint density at radius 3 is 2.54 bits per heavy atom. The third-order valence-corrected chi connectivity index (χ3v) is 4.42. The van der Waals surface area contributed by atoms with E-state index in [1.807, 2.05) is 19.0 Å². The molecule has 0 fully saturated rings. The fraction of sp³-hybridized carbons (Fsp3) is 0.353. The van der Waals surface area contributed by atoms with E-state index in [1.54, 1.807) is 0 Å². The summed E-state index contributed by atoms with van der Waals surface area (Å²) in [5.41, 5.74) is 4.90. The van der Waals surface area contributed by atoms with E-state index in [1.165, 1.54) is 13.0 Å². The van der Waals surface area contributed by atoms with Crippen LogP contribution in [0, 0.1) is 11.6 Å². The molecule has 28 heavy (non-hydrogen) atoms. The van der Waals surface area contributed by atoms with Crippen molar-refractivity contribution in [2.24, 2.45) is 5.73 Å². The third-order valence-electron chi connectivity index (χ3n) is 3.67. The Morgan fingerprint density at radius 1 is 1.32 bits per heavy atom. The average molecular weight is 413 g/mol. The summed E-state index contributed by atoms with van der Waals surface area (Å²) in [5.74, 6) is -2.69. The van der Waals surface area contributed by atoms with Gasteiger partial charge in [-0.2, -0.15) is 4.37 Å². The first-order valence-electron chi connectivity index (χ1n) is 8.30. The molecule has 11 heteroatoms. The molecule has 0 aliphatic heterocycles. The number of ether oxygens (including phenoxy) is 1. The predicted octanol–water partition coefficient (Wildman–Crippen LogP) is 2.34. The minimum Gasteiger partial charge on any atom is -0.468 e. The van der Waals surface area contributed by atoms with Crippen molar-refractivity contribution in [3.05, 3.63) is 41.0 Å². The Bertz CT molecular complexity index is 839. The number of hydrogen-bond donors (Lipinski definition) is 3. The topological polar surface area (TPSA) is 110 Å². The van der Waals surface area contributed by atoms with Gasteiger partial charge in [0.05, 0.1) is 5.56 Å². The number of hydrogen-bond acceptors (Lipinski definition) is 6. The van der Waals surface area contributed by atoms with Crippen LogP contribution in [0.4, 0.5) is 18.6 Å². The van der Waals surface area contributed by atoms with Gasteiger partial charge in [-0.1, -0.05) is 6.07 Å². The Labute approximate surface area is 164 Å². The monoisotopic (exact) mass is 413 g/mol. The summed E-state index contributed by atoms with van der Waals surface area (Å²) in [7, 11) is 3.72. The van der Waals surface area contributed by atoms with Gasteiger partial charge in [-0.15, -0.1) is 0 Å². The molecule has 0 saturated heterocycles. The molecule has 1 atom stereocenters. The second kappa shape index (κ2) is 9.42. The first-order chi connectivity index (χ1) is 13.2. The Kier molecular flexibility index (Phi) is 7.24. The van der Waals surface area contributed by atoms with E-state index in [0.29, 0.717) is 13.1 Å². The molecule has 0 aliphatic rings.